The van der Waals surface area contributed by atoms with Crippen molar-refractivity contribution < 1.29 is 8.78 Å². The van der Waals surface area contributed by atoms with E-state index in [0.29, 0.717) is 17.2 Å². The van der Waals surface area contributed by atoms with E-state index >= 15 is 0 Å². The van der Waals surface area contributed by atoms with Crippen LogP contribution in [0.5, 0.6) is 0 Å². The fourth-order valence-electron chi connectivity index (χ4n) is 1.84. The monoisotopic (exact) mass is 216 g/mol. The molecule has 0 bridgehead atoms. The molecule has 0 radical (unpaired) electrons. The Bertz CT molecular complexity index is 339. The SMILES string of the molecule is CC(C)c1cc2c(s1)C(F)(F)CCC2. The van der Waals surface area contributed by atoms with E-state index in [1.54, 1.807) is 0 Å². The highest BCUT2D eigenvalue weighted by atomic mass is 32.1. The molecule has 0 saturated carbocycles. The van der Waals surface area contributed by atoms with Crippen LogP contribution in [-0.4, -0.2) is 0 Å². The summed E-state index contributed by atoms with van der Waals surface area (Å²) < 4.78 is 27.0. The van der Waals surface area contributed by atoms with Crippen LogP contribution < -0.4 is 0 Å². The van der Waals surface area contributed by atoms with Gasteiger partial charge in [0.1, 0.15) is 0 Å². The van der Waals surface area contributed by atoms with Crippen LogP contribution in [0.3, 0.4) is 0 Å². The Hall–Kier alpha value is -0.440. The standard InChI is InChI=1S/C11H14F2S/c1-7(2)9-6-8-4-3-5-11(12,13)10(8)14-9/h6-7H,3-5H2,1-2H3. The van der Waals surface area contributed by atoms with Crippen molar-refractivity contribution in [2.45, 2.75) is 45.0 Å². The first-order chi connectivity index (χ1) is 6.50. The fourth-order valence-corrected chi connectivity index (χ4v) is 3.06. The van der Waals surface area contributed by atoms with E-state index in [2.05, 4.69) is 13.8 Å². The minimum atomic E-state index is -2.56. The van der Waals surface area contributed by atoms with Gasteiger partial charge in [0.2, 0.25) is 0 Å². The third kappa shape index (κ3) is 1.58. The summed E-state index contributed by atoms with van der Waals surface area (Å²) in [6.07, 6.45) is 1.47. The molecule has 0 amide bonds. The summed E-state index contributed by atoms with van der Waals surface area (Å²) in [5.41, 5.74) is 0.884. The number of fused-ring (bicyclic) bond motifs is 1. The molecule has 0 spiro atoms. The van der Waals surface area contributed by atoms with E-state index in [1.807, 2.05) is 6.07 Å². The predicted octanol–water partition coefficient (Wildman–Crippen LogP) is 4.30. The number of alkyl halides is 2. The van der Waals surface area contributed by atoms with Crippen LogP contribution in [0.15, 0.2) is 6.07 Å². The van der Waals surface area contributed by atoms with E-state index in [1.165, 1.54) is 11.3 Å². The Labute approximate surface area is 87.0 Å². The van der Waals surface area contributed by atoms with Gasteiger partial charge in [-0.25, -0.2) is 8.78 Å². The van der Waals surface area contributed by atoms with Crippen LogP contribution in [0.1, 0.15) is 47.9 Å². The summed E-state index contributed by atoms with van der Waals surface area (Å²) in [5.74, 6) is -2.20. The van der Waals surface area contributed by atoms with E-state index in [4.69, 9.17) is 0 Å². The maximum absolute atomic E-state index is 13.5. The van der Waals surface area contributed by atoms with E-state index in [9.17, 15) is 8.78 Å². The highest BCUT2D eigenvalue weighted by Gasteiger charge is 2.38. The highest BCUT2D eigenvalue weighted by molar-refractivity contribution is 7.12. The van der Waals surface area contributed by atoms with Gasteiger partial charge in [-0.15, -0.1) is 11.3 Å². The van der Waals surface area contributed by atoms with E-state index in [-0.39, 0.29) is 6.42 Å². The Morgan fingerprint density at radius 2 is 2.14 bits per heavy atom. The molecule has 1 aromatic heterocycles. The molecular weight excluding hydrogens is 202 g/mol. The molecule has 78 valence electrons. The number of hydrogen-bond acceptors (Lipinski definition) is 1. The third-order valence-corrected chi connectivity index (χ3v) is 4.26. The minimum absolute atomic E-state index is 0.0258. The summed E-state index contributed by atoms with van der Waals surface area (Å²) in [7, 11) is 0. The zero-order valence-corrected chi connectivity index (χ0v) is 9.26. The van der Waals surface area contributed by atoms with Crippen LogP contribution in [-0.2, 0) is 12.3 Å². The topological polar surface area (TPSA) is 0 Å². The number of rotatable bonds is 1. The van der Waals surface area contributed by atoms with Crippen LogP contribution >= 0.6 is 11.3 Å². The maximum Gasteiger partial charge on any atom is 0.282 e. The predicted molar refractivity (Wildman–Crippen MR) is 55.2 cm³/mol. The molecule has 1 aliphatic rings. The Balaban J connectivity index is 2.44. The smallest absolute Gasteiger partial charge is 0.200 e. The molecule has 14 heavy (non-hydrogen) atoms. The van der Waals surface area contributed by atoms with E-state index < -0.39 is 5.92 Å². The van der Waals surface area contributed by atoms with Gasteiger partial charge in [-0.2, -0.15) is 0 Å². The first-order valence-corrected chi connectivity index (χ1v) is 5.83. The molecule has 2 rings (SSSR count). The van der Waals surface area contributed by atoms with Gasteiger partial charge in [0.15, 0.2) is 0 Å². The molecule has 3 heteroatoms. The molecule has 1 heterocycles. The van der Waals surface area contributed by atoms with Crippen LogP contribution in [0.4, 0.5) is 8.78 Å². The Morgan fingerprint density at radius 1 is 1.43 bits per heavy atom. The first kappa shape index (κ1) is 10.1. The van der Waals surface area contributed by atoms with Gasteiger partial charge in [-0.3, -0.25) is 0 Å². The number of halogens is 2. The van der Waals surface area contributed by atoms with Gasteiger partial charge in [-0.05, 0) is 30.4 Å². The van der Waals surface area contributed by atoms with Crippen molar-refractivity contribution in [3.63, 3.8) is 0 Å². The quantitative estimate of drug-likeness (QED) is 0.656. The van der Waals surface area contributed by atoms with Gasteiger partial charge in [0, 0.05) is 11.3 Å². The van der Waals surface area contributed by atoms with Crippen LogP contribution in [0.2, 0.25) is 0 Å². The average Bonchev–Trinajstić information content (AvgIpc) is 2.48. The lowest BCUT2D eigenvalue weighted by Crippen LogP contribution is -2.18. The molecule has 0 saturated heterocycles. The minimum Gasteiger partial charge on any atom is -0.200 e. The highest BCUT2D eigenvalue weighted by Crippen LogP contribution is 2.45. The Kier molecular flexibility index (Phi) is 2.38. The molecule has 0 atom stereocenters. The van der Waals surface area contributed by atoms with Gasteiger partial charge < -0.3 is 0 Å². The summed E-state index contributed by atoms with van der Waals surface area (Å²) in [6.45, 7) is 4.10. The second-order valence-electron chi connectivity index (χ2n) is 4.22. The molecule has 0 N–H and O–H groups in total. The molecule has 0 fully saturated rings. The van der Waals surface area contributed by atoms with Crippen molar-refractivity contribution in [2.24, 2.45) is 0 Å². The summed E-state index contributed by atoms with van der Waals surface area (Å²) in [4.78, 5) is 1.42. The van der Waals surface area contributed by atoms with Crippen molar-refractivity contribution in [1.29, 1.82) is 0 Å². The van der Waals surface area contributed by atoms with Crippen molar-refractivity contribution in [3.8, 4) is 0 Å². The van der Waals surface area contributed by atoms with Crippen LogP contribution in [0.25, 0.3) is 0 Å². The van der Waals surface area contributed by atoms with Crippen LogP contribution in [0, 0.1) is 0 Å². The molecule has 0 aromatic carbocycles. The lowest BCUT2D eigenvalue weighted by atomic mass is 9.95. The second-order valence-corrected chi connectivity index (χ2v) is 5.30. The molecule has 0 unspecified atom stereocenters. The number of thiophene rings is 1. The average molecular weight is 216 g/mol. The largest absolute Gasteiger partial charge is 0.282 e. The maximum atomic E-state index is 13.5. The van der Waals surface area contributed by atoms with Crippen molar-refractivity contribution in [3.05, 3.63) is 21.4 Å². The zero-order valence-electron chi connectivity index (χ0n) is 8.44. The number of aryl methyl sites for hydroxylation is 1. The number of hydrogen-bond donors (Lipinski definition) is 0. The van der Waals surface area contributed by atoms with Gasteiger partial charge in [0.25, 0.3) is 5.92 Å². The van der Waals surface area contributed by atoms with Crippen molar-refractivity contribution in [1.82, 2.24) is 0 Å². The van der Waals surface area contributed by atoms with E-state index in [0.717, 1.165) is 16.9 Å². The zero-order chi connectivity index (χ0) is 10.3. The molecule has 0 aliphatic heterocycles. The first-order valence-electron chi connectivity index (χ1n) is 5.01. The summed E-state index contributed by atoms with van der Waals surface area (Å²) in [6, 6.07) is 1.97. The molecule has 0 nitrogen and oxygen atoms in total. The molecular formula is C11H14F2S. The third-order valence-electron chi connectivity index (χ3n) is 2.67. The lowest BCUT2D eigenvalue weighted by molar-refractivity contribution is -0.0175. The lowest BCUT2D eigenvalue weighted by Gasteiger charge is -2.21. The summed E-state index contributed by atoms with van der Waals surface area (Å²) in [5, 5.41) is 0. The molecule has 1 aromatic rings. The van der Waals surface area contributed by atoms with Crippen molar-refractivity contribution in [2.75, 3.05) is 0 Å². The van der Waals surface area contributed by atoms with Gasteiger partial charge in [0.05, 0.1) is 4.88 Å². The summed E-state index contributed by atoms with van der Waals surface area (Å²) >= 11 is 1.30. The van der Waals surface area contributed by atoms with Gasteiger partial charge >= 0.3 is 0 Å². The van der Waals surface area contributed by atoms with Crippen molar-refractivity contribution >= 4 is 11.3 Å². The fraction of sp³-hybridized carbons (Fsp3) is 0.636. The Morgan fingerprint density at radius 3 is 2.71 bits per heavy atom. The normalized spacial score (nSPS) is 19.8. The van der Waals surface area contributed by atoms with Gasteiger partial charge in [-0.1, -0.05) is 13.8 Å². The second kappa shape index (κ2) is 3.30. The molecule has 1 aliphatic carbocycles.